The molecule has 0 fully saturated rings. The van der Waals surface area contributed by atoms with Gasteiger partial charge in [0.2, 0.25) is 0 Å². The Hall–Kier alpha value is 0.380. The van der Waals surface area contributed by atoms with Gasteiger partial charge in [-0.05, 0) is 13.8 Å². The molecule has 7 heteroatoms. The Morgan fingerprint density at radius 3 is 1.44 bits per heavy atom. The van der Waals surface area contributed by atoms with Crippen LogP contribution in [0.3, 0.4) is 0 Å². The van der Waals surface area contributed by atoms with E-state index in [1.807, 2.05) is 0 Å². The molecule has 0 aromatic rings. The summed E-state index contributed by atoms with van der Waals surface area (Å²) in [5.74, 6) is 0. The Labute approximate surface area is 105 Å². The summed E-state index contributed by atoms with van der Waals surface area (Å²) in [4.78, 5) is 0. The average molecular weight is 277 g/mol. The highest BCUT2D eigenvalue weighted by atomic mass is 35.5. The minimum atomic E-state index is -0.917. The molecule has 4 atom stereocenters. The molecule has 0 aliphatic carbocycles. The van der Waals surface area contributed by atoms with E-state index < -0.39 is 29.4 Å². The van der Waals surface area contributed by atoms with E-state index in [-0.39, 0.29) is 13.2 Å². The summed E-state index contributed by atoms with van der Waals surface area (Å²) in [5.41, 5.74) is -1.75. The number of halogens is 2. The molecule has 98 valence electrons. The van der Waals surface area contributed by atoms with Gasteiger partial charge in [0.25, 0.3) is 0 Å². The minimum absolute atomic E-state index is 0.0809. The minimum Gasteiger partial charge on any atom is -0.389 e. The molecular formula is C9H18Cl2O5. The van der Waals surface area contributed by atoms with E-state index in [4.69, 9.17) is 42.9 Å². The lowest BCUT2D eigenvalue weighted by molar-refractivity contribution is -0.0672. The second-order valence-corrected chi connectivity index (χ2v) is 4.36. The van der Waals surface area contributed by atoms with Crippen LogP contribution in [0.4, 0.5) is 0 Å². The first-order valence-corrected chi connectivity index (χ1v) is 5.77. The Balaban J connectivity index is 3.63. The summed E-state index contributed by atoms with van der Waals surface area (Å²) in [7, 11) is 0. The van der Waals surface area contributed by atoms with Crippen molar-refractivity contribution in [2.45, 2.75) is 43.3 Å². The van der Waals surface area contributed by atoms with Crippen LogP contribution >= 0.6 is 23.2 Å². The highest BCUT2D eigenvalue weighted by Crippen LogP contribution is 2.07. The Morgan fingerprint density at radius 1 is 0.875 bits per heavy atom. The quantitative estimate of drug-likeness (QED) is 0.555. The van der Waals surface area contributed by atoms with Crippen LogP contribution in [0.25, 0.3) is 0 Å². The maximum absolute atomic E-state index is 9.38. The van der Waals surface area contributed by atoms with E-state index in [2.05, 4.69) is 0 Å². The first kappa shape index (κ1) is 16.4. The lowest BCUT2D eigenvalue weighted by Crippen LogP contribution is -2.31. The normalized spacial score (nSPS) is 21.2. The molecule has 0 radical (unpaired) electrons. The van der Waals surface area contributed by atoms with Gasteiger partial charge in [-0.3, -0.25) is 0 Å². The van der Waals surface area contributed by atoms with Gasteiger partial charge in [0, 0.05) is 0 Å². The number of ether oxygens (including phenoxy) is 2. The third-order valence-electron chi connectivity index (χ3n) is 1.65. The molecule has 5 nitrogen and oxygen atoms in total. The molecule has 16 heavy (non-hydrogen) atoms. The summed E-state index contributed by atoms with van der Waals surface area (Å²) < 4.78 is 9.88. The van der Waals surface area contributed by atoms with Gasteiger partial charge in [0.15, 0.2) is 11.1 Å². The molecule has 0 aromatic carbocycles. The van der Waals surface area contributed by atoms with Crippen molar-refractivity contribution < 1.29 is 24.8 Å². The van der Waals surface area contributed by atoms with Gasteiger partial charge in [-0.25, -0.2) is 0 Å². The third-order valence-corrected chi connectivity index (χ3v) is 2.64. The van der Waals surface area contributed by atoms with Crippen molar-refractivity contribution in [2.75, 3.05) is 13.2 Å². The monoisotopic (exact) mass is 276 g/mol. The number of alkyl halides is 2. The number of rotatable bonds is 8. The van der Waals surface area contributed by atoms with Crippen LogP contribution < -0.4 is 0 Å². The largest absolute Gasteiger partial charge is 0.389 e. The van der Waals surface area contributed by atoms with Crippen molar-refractivity contribution in [1.29, 1.82) is 0 Å². The molecule has 2 unspecified atom stereocenters. The molecule has 0 bridgehead atoms. The van der Waals surface area contributed by atoms with E-state index in [9.17, 15) is 5.11 Å². The summed E-state index contributed by atoms with van der Waals surface area (Å²) in [5, 5.41) is 27.4. The Morgan fingerprint density at radius 2 is 1.19 bits per heavy atom. The number of aliphatic hydroxyl groups excluding tert-OH is 3. The summed E-state index contributed by atoms with van der Waals surface area (Å²) in [6.07, 6.45) is -2.57. The number of hydrogen-bond donors (Lipinski definition) is 3. The number of hydrogen-bond acceptors (Lipinski definition) is 5. The van der Waals surface area contributed by atoms with E-state index in [1.165, 1.54) is 13.8 Å². The zero-order chi connectivity index (χ0) is 12.7. The fourth-order valence-electron chi connectivity index (χ4n) is 0.733. The van der Waals surface area contributed by atoms with Crippen LogP contribution in [-0.2, 0) is 9.47 Å². The topological polar surface area (TPSA) is 79.2 Å². The molecule has 3 N–H and O–H groups in total. The van der Waals surface area contributed by atoms with Crippen LogP contribution in [0.5, 0.6) is 0 Å². The molecule has 0 saturated heterocycles. The highest BCUT2D eigenvalue weighted by Gasteiger charge is 2.17. The van der Waals surface area contributed by atoms with E-state index in [1.54, 1.807) is 0 Å². The molecule has 0 amide bonds. The first-order valence-electron chi connectivity index (χ1n) is 4.90. The average Bonchev–Trinajstić information content (AvgIpc) is 2.21. The SMILES string of the molecule is CC(O)[C@@H](Cl)OCC(O)CO[C@H](Cl)C(C)O. The summed E-state index contributed by atoms with van der Waals surface area (Å²) in [6, 6.07) is 0. The zero-order valence-electron chi connectivity index (χ0n) is 9.22. The molecule has 0 aliphatic heterocycles. The predicted octanol–water partition coefficient (Wildman–Crippen LogP) is 0.272. The van der Waals surface area contributed by atoms with Crippen LogP contribution in [0.2, 0.25) is 0 Å². The third kappa shape index (κ3) is 7.62. The zero-order valence-corrected chi connectivity index (χ0v) is 10.7. The van der Waals surface area contributed by atoms with Gasteiger partial charge in [-0.15, -0.1) is 0 Å². The fraction of sp³-hybridized carbons (Fsp3) is 1.00. The summed E-state index contributed by atoms with van der Waals surface area (Å²) >= 11 is 11.2. The number of aliphatic hydroxyl groups is 3. The first-order chi connectivity index (χ1) is 7.34. The standard InChI is InChI=1S/C9H18Cl2O5/c1-5(12)8(10)15-3-7(14)4-16-9(11)6(2)13/h5-9,12-14H,3-4H2,1-2H3/t5?,6?,7?,8-,9-/m0/s1. The molecule has 0 spiro atoms. The van der Waals surface area contributed by atoms with Crippen LogP contribution in [0.1, 0.15) is 13.8 Å². The van der Waals surface area contributed by atoms with Gasteiger partial charge in [0.05, 0.1) is 25.4 Å². The van der Waals surface area contributed by atoms with Crippen molar-refractivity contribution in [3.63, 3.8) is 0 Å². The smallest absolute Gasteiger partial charge is 0.156 e. The maximum Gasteiger partial charge on any atom is 0.156 e. The van der Waals surface area contributed by atoms with Crippen LogP contribution in [0.15, 0.2) is 0 Å². The van der Waals surface area contributed by atoms with E-state index >= 15 is 0 Å². The fourth-order valence-corrected chi connectivity index (χ4v) is 0.878. The van der Waals surface area contributed by atoms with Gasteiger partial charge in [-0.2, -0.15) is 0 Å². The second kappa shape index (κ2) is 8.47. The molecule has 0 saturated carbocycles. The van der Waals surface area contributed by atoms with Gasteiger partial charge < -0.3 is 24.8 Å². The van der Waals surface area contributed by atoms with Crippen LogP contribution in [0, 0.1) is 0 Å². The van der Waals surface area contributed by atoms with Crippen molar-refractivity contribution >= 4 is 23.2 Å². The van der Waals surface area contributed by atoms with Gasteiger partial charge >= 0.3 is 0 Å². The van der Waals surface area contributed by atoms with Crippen molar-refractivity contribution in [3.8, 4) is 0 Å². The molecular weight excluding hydrogens is 259 g/mol. The lowest BCUT2D eigenvalue weighted by atomic mass is 10.4. The molecule has 0 aliphatic rings. The lowest BCUT2D eigenvalue weighted by Gasteiger charge is -2.19. The van der Waals surface area contributed by atoms with E-state index in [0.29, 0.717) is 0 Å². The predicted molar refractivity (Wildman–Crippen MR) is 60.6 cm³/mol. The Kier molecular flexibility index (Phi) is 8.67. The van der Waals surface area contributed by atoms with E-state index in [0.717, 1.165) is 0 Å². The second-order valence-electron chi connectivity index (χ2n) is 3.50. The Bertz CT molecular complexity index is 161. The molecule has 0 heterocycles. The van der Waals surface area contributed by atoms with Crippen LogP contribution in [-0.4, -0.2) is 58.0 Å². The highest BCUT2D eigenvalue weighted by molar-refractivity contribution is 6.20. The van der Waals surface area contributed by atoms with Crippen molar-refractivity contribution in [3.05, 3.63) is 0 Å². The van der Waals surface area contributed by atoms with Gasteiger partial charge in [0.1, 0.15) is 6.10 Å². The van der Waals surface area contributed by atoms with Crippen molar-refractivity contribution in [1.82, 2.24) is 0 Å². The molecule has 0 aromatic heterocycles. The van der Waals surface area contributed by atoms with Gasteiger partial charge in [-0.1, -0.05) is 23.2 Å². The van der Waals surface area contributed by atoms with Crippen molar-refractivity contribution in [2.24, 2.45) is 0 Å². The summed E-state index contributed by atoms with van der Waals surface area (Å²) in [6.45, 7) is 2.79. The maximum atomic E-state index is 9.38. The molecule has 0 rings (SSSR count).